The highest BCUT2D eigenvalue weighted by Gasteiger charge is 2.30. The van der Waals surface area contributed by atoms with Crippen molar-refractivity contribution in [2.45, 2.75) is 51.2 Å². The Morgan fingerprint density at radius 1 is 1.15 bits per heavy atom. The van der Waals surface area contributed by atoms with Crippen LogP contribution in [-0.4, -0.2) is 26.4 Å². The van der Waals surface area contributed by atoms with E-state index in [0.29, 0.717) is 17.5 Å². The Kier molecular flexibility index (Phi) is 8.01. The summed E-state index contributed by atoms with van der Waals surface area (Å²) in [5, 5.41) is 11.4. The maximum atomic E-state index is 12.9. The van der Waals surface area contributed by atoms with Crippen LogP contribution in [0.25, 0.3) is 0 Å². The number of thioether (sulfide) groups is 1. The molecule has 0 radical (unpaired) electrons. The van der Waals surface area contributed by atoms with Crippen LogP contribution in [0.15, 0.2) is 53.7 Å². The van der Waals surface area contributed by atoms with Crippen LogP contribution in [0.4, 0.5) is 18.9 Å². The third-order valence-electron chi connectivity index (χ3n) is 4.88. The fourth-order valence-corrected chi connectivity index (χ4v) is 3.98. The zero-order valence-corrected chi connectivity index (χ0v) is 19.3. The summed E-state index contributed by atoms with van der Waals surface area (Å²) >= 11 is 1.16. The van der Waals surface area contributed by atoms with E-state index in [4.69, 9.17) is 4.74 Å². The average molecular weight is 479 g/mol. The molecule has 0 unspecified atom stereocenters. The van der Waals surface area contributed by atoms with E-state index in [9.17, 15) is 18.0 Å². The first kappa shape index (κ1) is 24.6. The normalized spacial score (nSPS) is 12.4. The Hall–Kier alpha value is -3.01. The number of halogens is 3. The highest BCUT2D eigenvalue weighted by atomic mass is 32.2. The van der Waals surface area contributed by atoms with E-state index in [-0.39, 0.29) is 17.5 Å². The molecule has 6 nitrogen and oxygen atoms in total. The lowest BCUT2D eigenvalue weighted by Crippen LogP contribution is -2.16. The van der Waals surface area contributed by atoms with E-state index in [0.717, 1.165) is 36.1 Å². The number of anilines is 1. The largest absolute Gasteiger partial charge is 0.483 e. The molecule has 3 rings (SSSR count). The van der Waals surface area contributed by atoms with Crippen molar-refractivity contribution < 1.29 is 22.7 Å². The molecule has 0 fully saturated rings. The number of hydrogen-bond donors (Lipinski definition) is 1. The van der Waals surface area contributed by atoms with Crippen molar-refractivity contribution in [2.24, 2.45) is 0 Å². The molecule has 3 aromatic rings. The lowest BCUT2D eigenvalue weighted by atomic mass is 10.2. The molecule has 0 aliphatic rings. The number of carbonyl (C=O) groups is 1. The van der Waals surface area contributed by atoms with Crippen molar-refractivity contribution in [3.8, 4) is 5.75 Å². The molecular formula is C23H25F3N4O2S. The first-order valence-electron chi connectivity index (χ1n) is 10.5. The van der Waals surface area contributed by atoms with E-state index in [1.807, 2.05) is 42.7 Å². The van der Waals surface area contributed by atoms with Crippen LogP contribution in [0.3, 0.4) is 0 Å². The Morgan fingerprint density at radius 2 is 1.88 bits per heavy atom. The molecule has 0 aliphatic carbocycles. The first-order valence-corrected chi connectivity index (χ1v) is 11.5. The standard InChI is InChI=1S/C23H25F3N4O2S/c1-4-16-9-11-19(12-10-16)32-15(3)21-28-29-22(30(21)5-2)33-14-20(31)27-18-8-6-7-17(13-18)23(24,25)26/h6-13,15H,4-5,14H2,1-3H3,(H,27,31)/t15-/m0/s1. The number of benzene rings is 2. The molecule has 1 aromatic heterocycles. The van der Waals surface area contributed by atoms with Gasteiger partial charge in [-0.15, -0.1) is 10.2 Å². The monoisotopic (exact) mass is 478 g/mol. The second-order valence-electron chi connectivity index (χ2n) is 7.26. The summed E-state index contributed by atoms with van der Waals surface area (Å²) in [5.41, 5.74) is 0.486. The third kappa shape index (κ3) is 6.50. The van der Waals surface area contributed by atoms with E-state index >= 15 is 0 Å². The van der Waals surface area contributed by atoms with E-state index in [1.54, 1.807) is 0 Å². The van der Waals surface area contributed by atoms with Gasteiger partial charge < -0.3 is 14.6 Å². The van der Waals surface area contributed by atoms with Gasteiger partial charge in [-0.25, -0.2) is 0 Å². The zero-order chi connectivity index (χ0) is 24.0. The van der Waals surface area contributed by atoms with Gasteiger partial charge in [0.1, 0.15) is 5.75 Å². The van der Waals surface area contributed by atoms with Gasteiger partial charge in [-0.05, 0) is 56.2 Å². The van der Waals surface area contributed by atoms with Crippen LogP contribution >= 0.6 is 11.8 Å². The smallest absolute Gasteiger partial charge is 0.416 e. The number of rotatable bonds is 9. The summed E-state index contributed by atoms with van der Waals surface area (Å²) in [7, 11) is 0. The van der Waals surface area contributed by atoms with Crippen molar-refractivity contribution in [1.29, 1.82) is 0 Å². The number of alkyl halides is 3. The maximum absolute atomic E-state index is 12.9. The minimum atomic E-state index is -4.47. The fourth-order valence-electron chi connectivity index (χ4n) is 3.17. The van der Waals surface area contributed by atoms with Gasteiger partial charge in [0, 0.05) is 12.2 Å². The van der Waals surface area contributed by atoms with Crippen molar-refractivity contribution in [3.05, 3.63) is 65.5 Å². The second kappa shape index (κ2) is 10.7. The molecule has 1 N–H and O–H groups in total. The molecule has 0 saturated carbocycles. The lowest BCUT2D eigenvalue weighted by Gasteiger charge is -2.16. The molecule has 176 valence electrons. The van der Waals surface area contributed by atoms with Crippen LogP contribution in [0.1, 0.15) is 43.8 Å². The molecule has 1 atom stereocenters. The molecule has 0 bridgehead atoms. The van der Waals surface area contributed by atoms with Crippen LogP contribution in [0.2, 0.25) is 0 Å². The van der Waals surface area contributed by atoms with Gasteiger partial charge >= 0.3 is 6.18 Å². The minimum absolute atomic E-state index is 0.0257. The Labute approximate surface area is 194 Å². The number of ether oxygens (including phenoxy) is 1. The molecule has 1 amide bonds. The SMILES string of the molecule is CCc1ccc(O[C@@H](C)c2nnc(SCC(=O)Nc3cccc(C(F)(F)F)c3)n2CC)cc1. The predicted octanol–water partition coefficient (Wildman–Crippen LogP) is 5.75. The number of nitrogens with zero attached hydrogens (tertiary/aromatic N) is 3. The number of hydrogen-bond acceptors (Lipinski definition) is 5. The highest BCUT2D eigenvalue weighted by Crippen LogP contribution is 2.31. The topological polar surface area (TPSA) is 69.0 Å². The van der Waals surface area contributed by atoms with Gasteiger partial charge in [0.25, 0.3) is 0 Å². The van der Waals surface area contributed by atoms with E-state index < -0.39 is 17.6 Å². The lowest BCUT2D eigenvalue weighted by molar-refractivity contribution is -0.137. The van der Waals surface area contributed by atoms with E-state index in [1.165, 1.54) is 17.7 Å². The quantitative estimate of drug-likeness (QED) is 0.397. The number of amides is 1. The number of aromatic nitrogens is 3. The Morgan fingerprint density at radius 3 is 2.52 bits per heavy atom. The molecule has 0 saturated heterocycles. The van der Waals surface area contributed by atoms with Gasteiger partial charge in [0.15, 0.2) is 17.1 Å². The highest BCUT2D eigenvalue weighted by molar-refractivity contribution is 7.99. The van der Waals surface area contributed by atoms with Gasteiger partial charge in [-0.2, -0.15) is 13.2 Å². The number of aryl methyl sites for hydroxylation is 1. The average Bonchev–Trinajstić information content (AvgIpc) is 3.21. The minimum Gasteiger partial charge on any atom is -0.483 e. The summed E-state index contributed by atoms with van der Waals surface area (Å²) < 4.78 is 46.4. The molecule has 0 aliphatic heterocycles. The third-order valence-corrected chi connectivity index (χ3v) is 5.84. The summed E-state index contributed by atoms with van der Waals surface area (Å²) in [5.74, 6) is 0.881. The molecule has 2 aromatic carbocycles. The molecule has 10 heteroatoms. The molecular weight excluding hydrogens is 453 g/mol. The summed E-state index contributed by atoms with van der Waals surface area (Å²) in [6.45, 7) is 6.46. The van der Waals surface area contributed by atoms with Crippen molar-refractivity contribution in [3.63, 3.8) is 0 Å². The van der Waals surface area contributed by atoms with Crippen molar-refractivity contribution in [2.75, 3.05) is 11.1 Å². The van der Waals surface area contributed by atoms with Crippen molar-refractivity contribution in [1.82, 2.24) is 14.8 Å². The zero-order valence-electron chi connectivity index (χ0n) is 18.5. The van der Waals surface area contributed by atoms with Crippen LogP contribution in [0, 0.1) is 0 Å². The maximum Gasteiger partial charge on any atom is 0.416 e. The number of carbonyl (C=O) groups excluding carboxylic acids is 1. The molecule has 1 heterocycles. The van der Waals surface area contributed by atoms with E-state index in [2.05, 4.69) is 22.4 Å². The second-order valence-corrected chi connectivity index (χ2v) is 8.20. The summed E-state index contributed by atoms with van der Waals surface area (Å²) in [4.78, 5) is 12.3. The number of nitrogens with one attached hydrogen (secondary N) is 1. The molecule has 0 spiro atoms. The fraction of sp³-hybridized carbons (Fsp3) is 0.348. The Balaban J connectivity index is 1.62. The molecule has 33 heavy (non-hydrogen) atoms. The van der Waals surface area contributed by atoms with Gasteiger partial charge in [0.2, 0.25) is 5.91 Å². The van der Waals surface area contributed by atoms with Gasteiger partial charge in [-0.3, -0.25) is 4.79 Å². The summed E-state index contributed by atoms with van der Waals surface area (Å²) in [6, 6.07) is 12.4. The first-order chi connectivity index (χ1) is 15.7. The van der Waals surface area contributed by atoms with Crippen LogP contribution in [-0.2, 0) is 23.9 Å². The van der Waals surface area contributed by atoms with Gasteiger partial charge in [-0.1, -0.05) is 36.9 Å². The summed E-state index contributed by atoms with van der Waals surface area (Å²) in [6.07, 6.45) is -3.89. The van der Waals surface area contributed by atoms with Crippen LogP contribution < -0.4 is 10.1 Å². The Bertz CT molecular complexity index is 1080. The predicted molar refractivity (Wildman–Crippen MR) is 121 cm³/mol. The van der Waals surface area contributed by atoms with Crippen LogP contribution in [0.5, 0.6) is 5.75 Å². The van der Waals surface area contributed by atoms with Crippen molar-refractivity contribution >= 4 is 23.4 Å². The van der Waals surface area contributed by atoms with Gasteiger partial charge in [0.05, 0.1) is 11.3 Å².